The number of aromatic amines is 1. The minimum Gasteiger partial charge on any atom is -0.334 e. The van der Waals surface area contributed by atoms with Gasteiger partial charge < -0.3 is 4.90 Å². The van der Waals surface area contributed by atoms with Gasteiger partial charge in [0.25, 0.3) is 5.91 Å². The van der Waals surface area contributed by atoms with E-state index in [0.717, 1.165) is 28.6 Å². The second kappa shape index (κ2) is 8.60. The maximum atomic E-state index is 13.5. The van der Waals surface area contributed by atoms with Crippen LogP contribution in [0.5, 0.6) is 0 Å². The lowest BCUT2D eigenvalue weighted by atomic mass is 10.1. The standard InChI is InChI=1S/C22H20N6OS2/c1-2-27-16-10-6-7-11-17(16)30-20(27)18-19(29)28(13-12-15-8-4-3-5-9-15)22(31-18)25-21-23-14-24-26-21/h3-11,14H,2,12-13H2,1H3,(H,23,24,26)/b20-18-,25-22?. The van der Waals surface area contributed by atoms with Crippen molar-refractivity contribution in [3.8, 4) is 0 Å². The monoisotopic (exact) mass is 448 g/mol. The molecular formula is C22H20N6OS2. The summed E-state index contributed by atoms with van der Waals surface area (Å²) in [5.74, 6) is 0.369. The number of hydrogen-bond acceptors (Lipinski definition) is 7. The Morgan fingerprint density at radius 2 is 1.84 bits per heavy atom. The Hall–Kier alpha value is -3.04. The minimum absolute atomic E-state index is 0.0204. The fourth-order valence-corrected chi connectivity index (χ4v) is 5.96. The van der Waals surface area contributed by atoms with Gasteiger partial charge in [-0.2, -0.15) is 15.1 Å². The summed E-state index contributed by atoms with van der Waals surface area (Å²) in [5, 5.41) is 8.21. The summed E-state index contributed by atoms with van der Waals surface area (Å²) in [4.78, 5) is 28.0. The first-order valence-corrected chi connectivity index (χ1v) is 11.6. The normalized spacial score (nSPS) is 19.5. The zero-order chi connectivity index (χ0) is 21.2. The Bertz CT molecular complexity index is 1160. The quantitative estimate of drug-likeness (QED) is 0.583. The molecule has 0 bridgehead atoms. The van der Waals surface area contributed by atoms with Crippen LogP contribution in [0.25, 0.3) is 0 Å². The van der Waals surface area contributed by atoms with Gasteiger partial charge in [0.1, 0.15) is 16.3 Å². The lowest BCUT2D eigenvalue weighted by Crippen LogP contribution is -2.32. The summed E-state index contributed by atoms with van der Waals surface area (Å²) in [6.07, 6.45) is 2.16. The number of carbonyl (C=O) groups excluding carboxylic acids is 1. The number of nitrogens with zero attached hydrogens (tertiary/aromatic N) is 5. The summed E-state index contributed by atoms with van der Waals surface area (Å²) >= 11 is 3.05. The van der Waals surface area contributed by atoms with E-state index in [9.17, 15) is 4.79 Å². The molecule has 3 heterocycles. The molecule has 0 atom stereocenters. The molecule has 1 N–H and O–H groups in total. The smallest absolute Gasteiger partial charge is 0.269 e. The molecular weight excluding hydrogens is 428 g/mol. The fraction of sp³-hybridized carbons (Fsp3) is 0.182. The van der Waals surface area contributed by atoms with Crippen molar-refractivity contribution in [3.05, 3.63) is 76.4 Å². The van der Waals surface area contributed by atoms with Crippen molar-refractivity contribution in [3.63, 3.8) is 0 Å². The van der Waals surface area contributed by atoms with Gasteiger partial charge >= 0.3 is 0 Å². The molecule has 0 unspecified atom stereocenters. The topological polar surface area (TPSA) is 77.5 Å². The van der Waals surface area contributed by atoms with Gasteiger partial charge in [0.05, 0.1) is 5.69 Å². The maximum Gasteiger partial charge on any atom is 0.269 e. The van der Waals surface area contributed by atoms with Gasteiger partial charge in [0, 0.05) is 18.0 Å². The van der Waals surface area contributed by atoms with E-state index < -0.39 is 0 Å². The molecule has 2 aliphatic rings. The molecule has 3 aromatic rings. The third-order valence-corrected chi connectivity index (χ3v) is 7.43. The zero-order valence-electron chi connectivity index (χ0n) is 16.9. The van der Waals surface area contributed by atoms with Crippen LogP contribution < -0.4 is 4.90 Å². The number of carbonyl (C=O) groups is 1. The van der Waals surface area contributed by atoms with Crippen LogP contribution in [0.1, 0.15) is 12.5 Å². The molecule has 7 nitrogen and oxygen atoms in total. The van der Waals surface area contributed by atoms with Crippen molar-refractivity contribution in [2.24, 2.45) is 4.99 Å². The lowest BCUT2D eigenvalue weighted by molar-refractivity contribution is -0.122. The number of amidine groups is 1. The van der Waals surface area contributed by atoms with Crippen molar-refractivity contribution < 1.29 is 4.79 Å². The number of para-hydroxylation sites is 1. The van der Waals surface area contributed by atoms with E-state index in [0.29, 0.717) is 22.6 Å². The van der Waals surface area contributed by atoms with E-state index in [4.69, 9.17) is 0 Å². The second-order valence-corrected chi connectivity index (χ2v) is 8.95. The summed E-state index contributed by atoms with van der Waals surface area (Å²) < 4.78 is 0. The molecule has 9 heteroatoms. The molecule has 0 saturated carbocycles. The summed E-state index contributed by atoms with van der Waals surface area (Å²) in [6.45, 7) is 3.43. The predicted octanol–water partition coefficient (Wildman–Crippen LogP) is 4.41. The van der Waals surface area contributed by atoms with Crippen molar-refractivity contribution in [2.75, 3.05) is 18.0 Å². The van der Waals surface area contributed by atoms with Crippen LogP contribution in [0.15, 0.2) is 80.7 Å². The highest BCUT2D eigenvalue weighted by molar-refractivity contribution is 8.19. The SMILES string of the molecule is CCN1/C(=C2/SC(=Nc3ncn[nH]3)N(CCc3ccccc3)C2=O)Sc2ccccc21. The molecule has 1 amide bonds. The maximum absolute atomic E-state index is 13.5. The molecule has 2 aromatic carbocycles. The summed E-state index contributed by atoms with van der Waals surface area (Å²) in [6, 6.07) is 18.4. The number of thioether (sulfide) groups is 2. The van der Waals surface area contributed by atoms with Gasteiger partial charge in [-0.15, -0.1) is 0 Å². The molecule has 5 rings (SSSR count). The van der Waals surface area contributed by atoms with Crippen molar-refractivity contribution >= 4 is 46.2 Å². The molecule has 1 saturated heterocycles. The van der Waals surface area contributed by atoms with E-state index in [1.165, 1.54) is 23.7 Å². The zero-order valence-corrected chi connectivity index (χ0v) is 18.5. The van der Waals surface area contributed by atoms with E-state index in [1.54, 1.807) is 16.7 Å². The van der Waals surface area contributed by atoms with Gasteiger partial charge in [0.2, 0.25) is 5.95 Å². The lowest BCUT2D eigenvalue weighted by Gasteiger charge is -2.19. The number of aromatic nitrogens is 3. The van der Waals surface area contributed by atoms with Crippen LogP contribution >= 0.6 is 23.5 Å². The highest BCUT2D eigenvalue weighted by Crippen LogP contribution is 2.50. The molecule has 1 fully saturated rings. The van der Waals surface area contributed by atoms with Crippen LogP contribution in [0.2, 0.25) is 0 Å². The van der Waals surface area contributed by atoms with E-state index in [1.807, 2.05) is 30.3 Å². The predicted molar refractivity (Wildman–Crippen MR) is 125 cm³/mol. The highest BCUT2D eigenvalue weighted by atomic mass is 32.2. The first-order valence-electron chi connectivity index (χ1n) is 10.0. The van der Waals surface area contributed by atoms with Gasteiger partial charge in [-0.05, 0) is 42.8 Å². The number of benzene rings is 2. The van der Waals surface area contributed by atoms with Crippen LogP contribution in [0, 0.1) is 0 Å². The van der Waals surface area contributed by atoms with Crippen molar-refractivity contribution in [1.82, 2.24) is 20.1 Å². The van der Waals surface area contributed by atoms with Gasteiger partial charge in [-0.3, -0.25) is 9.69 Å². The average molecular weight is 449 g/mol. The van der Waals surface area contributed by atoms with E-state index in [-0.39, 0.29) is 5.91 Å². The third-order valence-electron chi connectivity index (χ3n) is 5.05. The van der Waals surface area contributed by atoms with Crippen LogP contribution in [-0.4, -0.2) is 44.2 Å². The first kappa shape index (κ1) is 19.9. The number of H-pyrrole nitrogens is 1. The minimum atomic E-state index is -0.0204. The Morgan fingerprint density at radius 1 is 1.03 bits per heavy atom. The number of nitrogens with one attached hydrogen (secondary N) is 1. The Balaban J connectivity index is 1.50. The van der Waals surface area contributed by atoms with Crippen LogP contribution in [0.4, 0.5) is 11.6 Å². The first-order chi connectivity index (χ1) is 15.2. The van der Waals surface area contributed by atoms with Crippen molar-refractivity contribution in [1.29, 1.82) is 0 Å². The van der Waals surface area contributed by atoms with E-state index >= 15 is 0 Å². The van der Waals surface area contributed by atoms with Gasteiger partial charge in [-0.25, -0.2) is 5.10 Å². The number of amides is 1. The molecule has 31 heavy (non-hydrogen) atoms. The Labute approximate surface area is 188 Å². The van der Waals surface area contributed by atoms with E-state index in [2.05, 4.69) is 56.3 Å². The van der Waals surface area contributed by atoms with Crippen molar-refractivity contribution in [2.45, 2.75) is 18.2 Å². The van der Waals surface area contributed by atoms with Gasteiger partial charge in [-0.1, -0.05) is 54.2 Å². The molecule has 1 aromatic heterocycles. The molecule has 0 spiro atoms. The number of aliphatic imine (C=N–C) groups is 1. The van der Waals surface area contributed by atoms with Gasteiger partial charge in [0.15, 0.2) is 5.17 Å². The largest absolute Gasteiger partial charge is 0.334 e. The van der Waals surface area contributed by atoms with Crippen LogP contribution in [0.3, 0.4) is 0 Å². The molecule has 2 aliphatic heterocycles. The number of fused-ring (bicyclic) bond motifs is 1. The summed E-state index contributed by atoms with van der Waals surface area (Å²) in [5.41, 5.74) is 2.32. The highest BCUT2D eigenvalue weighted by Gasteiger charge is 2.39. The molecule has 0 aliphatic carbocycles. The third kappa shape index (κ3) is 3.86. The Kier molecular flexibility index (Phi) is 5.52. The number of anilines is 1. The fourth-order valence-electron chi connectivity index (χ4n) is 3.56. The average Bonchev–Trinajstić information content (AvgIpc) is 3.51. The Morgan fingerprint density at radius 3 is 2.61 bits per heavy atom. The number of rotatable bonds is 5. The van der Waals surface area contributed by atoms with Crippen LogP contribution in [-0.2, 0) is 11.2 Å². The molecule has 156 valence electrons. The molecule has 0 radical (unpaired) electrons. The summed E-state index contributed by atoms with van der Waals surface area (Å²) in [7, 11) is 0. The number of hydrogen-bond donors (Lipinski definition) is 1. The second-order valence-electron chi connectivity index (χ2n) is 6.95.